The Morgan fingerprint density at radius 1 is 1.15 bits per heavy atom. The van der Waals surface area contributed by atoms with Crippen LogP contribution < -0.4 is 5.32 Å². The lowest BCUT2D eigenvalue weighted by Crippen LogP contribution is -2.36. The van der Waals surface area contributed by atoms with Crippen LogP contribution in [0.3, 0.4) is 0 Å². The van der Waals surface area contributed by atoms with Crippen molar-refractivity contribution in [2.75, 3.05) is 17.6 Å². The maximum absolute atomic E-state index is 12.9. The number of nitrogens with one attached hydrogen (secondary N) is 1. The lowest BCUT2D eigenvalue weighted by molar-refractivity contribution is -0.115. The van der Waals surface area contributed by atoms with Crippen molar-refractivity contribution in [3.05, 3.63) is 65.0 Å². The molecule has 138 valence electrons. The second-order valence-electron chi connectivity index (χ2n) is 6.32. The maximum atomic E-state index is 12.9. The van der Waals surface area contributed by atoms with Gasteiger partial charge >= 0.3 is 0 Å². The molecule has 7 heteroatoms. The molecule has 0 atom stereocenters. The van der Waals surface area contributed by atoms with Crippen molar-refractivity contribution in [3.8, 4) is 0 Å². The number of rotatable bonds is 5. The van der Waals surface area contributed by atoms with Crippen LogP contribution in [0.1, 0.15) is 23.6 Å². The molecule has 0 saturated heterocycles. The number of sulfonamides is 1. The molecular formula is C19H21FN2O3S. The number of amides is 1. The highest BCUT2D eigenvalue weighted by molar-refractivity contribution is 7.89. The van der Waals surface area contributed by atoms with Gasteiger partial charge in [0, 0.05) is 18.8 Å². The molecule has 26 heavy (non-hydrogen) atoms. The second-order valence-corrected chi connectivity index (χ2v) is 8.58. The first-order valence-electron chi connectivity index (χ1n) is 8.51. The summed E-state index contributed by atoms with van der Waals surface area (Å²) in [6.45, 7) is 2.45. The van der Waals surface area contributed by atoms with E-state index < -0.39 is 10.0 Å². The van der Waals surface area contributed by atoms with Gasteiger partial charge in [-0.05, 0) is 54.3 Å². The molecule has 1 aliphatic heterocycles. The minimum atomic E-state index is -3.23. The standard InChI is InChI=1S/C19H21FN2O3S/c1-2-26(24,25)22-10-9-15-5-8-18(12-16(15)13-22)21-19(23)11-14-3-6-17(20)7-4-14/h3-8,12H,2,9-11,13H2,1H3,(H,21,23). The quantitative estimate of drug-likeness (QED) is 0.873. The van der Waals surface area contributed by atoms with E-state index in [9.17, 15) is 17.6 Å². The van der Waals surface area contributed by atoms with Crippen LogP contribution in [-0.2, 0) is 34.2 Å². The summed E-state index contributed by atoms with van der Waals surface area (Å²) in [7, 11) is -3.23. The first-order valence-corrected chi connectivity index (χ1v) is 10.1. The van der Waals surface area contributed by atoms with Crippen molar-refractivity contribution in [2.24, 2.45) is 0 Å². The molecule has 2 aromatic carbocycles. The monoisotopic (exact) mass is 376 g/mol. The van der Waals surface area contributed by atoms with E-state index >= 15 is 0 Å². The van der Waals surface area contributed by atoms with Gasteiger partial charge in [-0.25, -0.2) is 12.8 Å². The van der Waals surface area contributed by atoms with Crippen molar-refractivity contribution in [1.29, 1.82) is 0 Å². The van der Waals surface area contributed by atoms with Crippen LogP contribution in [0.4, 0.5) is 10.1 Å². The summed E-state index contributed by atoms with van der Waals surface area (Å²) >= 11 is 0. The number of carbonyl (C=O) groups is 1. The Labute approximate surface area is 152 Å². The highest BCUT2D eigenvalue weighted by atomic mass is 32.2. The predicted molar refractivity (Wildman–Crippen MR) is 98.8 cm³/mol. The molecule has 0 radical (unpaired) electrons. The SMILES string of the molecule is CCS(=O)(=O)N1CCc2ccc(NC(=O)Cc3ccc(F)cc3)cc2C1. The van der Waals surface area contributed by atoms with Gasteiger partial charge in [-0.1, -0.05) is 18.2 Å². The molecule has 1 heterocycles. The van der Waals surface area contributed by atoms with E-state index in [0.29, 0.717) is 25.2 Å². The topological polar surface area (TPSA) is 66.5 Å². The molecule has 0 saturated carbocycles. The molecule has 5 nitrogen and oxygen atoms in total. The van der Waals surface area contributed by atoms with Crippen molar-refractivity contribution in [2.45, 2.75) is 26.3 Å². The fourth-order valence-corrected chi connectivity index (χ4v) is 4.09. The maximum Gasteiger partial charge on any atom is 0.228 e. The van der Waals surface area contributed by atoms with Gasteiger partial charge < -0.3 is 5.32 Å². The molecule has 0 bridgehead atoms. The van der Waals surface area contributed by atoms with Crippen molar-refractivity contribution in [3.63, 3.8) is 0 Å². The van der Waals surface area contributed by atoms with Crippen molar-refractivity contribution >= 4 is 21.6 Å². The summed E-state index contributed by atoms with van der Waals surface area (Å²) in [6, 6.07) is 11.4. The second kappa shape index (κ2) is 7.55. The van der Waals surface area contributed by atoms with Crippen LogP contribution in [0.5, 0.6) is 0 Å². The molecule has 1 amide bonds. The van der Waals surface area contributed by atoms with Gasteiger partial charge in [0.1, 0.15) is 5.82 Å². The van der Waals surface area contributed by atoms with E-state index in [2.05, 4.69) is 5.32 Å². The number of anilines is 1. The average molecular weight is 376 g/mol. The summed E-state index contributed by atoms with van der Waals surface area (Å²) in [5.41, 5.74) is 3.37. The summed E-state index contributed by atoms with van der Waals surface area (Å²) in [6.07, 6.45) is 0.812. The van der Waals surface area contributed by atoms with Gasteiger partial charge in [-0.2, -0.15) is 4.31 Å². The van der Waals surface area contributed by atoms with Crippen LogP contribution in [-0.4, -0.2) is 30.9 Å². The smallest absolute Gasteiger partial charge is 0.228 e. The zero-order chi connectivity index (χ0) is 18.7. The molecule has 0 aliphatic carbocycles. The summed E-state index contributed by atoms with van der Waals surface area (Å²) in [5, 5.41) is 2.82. The van der Waals surface area contributed by atoms with Crippen LogP contribution >= 0.6 is 0 Å². The van der Waals surface area contributed by atoms with E-state index in [-0.39, 0.29) is 23.9 Å². The van der Waals surface area contributed by atoms with E-state index in [4.69, 9.17) is 0 Å². The highest BCUT2D eigenvalue weighted by Gasteiger charge is 2.25. The van der Waals surface area contributed by atoms with E-state index in [0.717, 1.165) is 16.7 Å². The minimum absolute atomic E-state index is 0.0798. The molecular weight excluding hydrogens is 355 g/mol. The van der Waals surface area contributed by atoms with Gasteiger partial charge in [0.05, 0.1) is 12.2 Å². The zero-order valence-corrected chi connectivity index (χ0v) is 15.4. The molecule has 1 aliphatic rings. The van der Waals surface area contributed by atoms with Crippen LogP contribution in [0, 0.1) is 5.82 Å². The Bertz CT molecular complexity index is 911. The van der Waals surface area contributed by atoms with Gasteiger partial charge in [0.15, 0.2) is 0 Å². The van der Waals surface area contributed by atoms with Crippen LogP contribution in [0.2, 0.25) is 0 Å². The molecule has 0 unspecified atom stereocenters. The summed E-state index contributed by atoms with van der Waals surface area (Å²) in [4.78, 5) is 12.2. The first kappa shape index (κ1) is 18.5. The number of halogens is 1. The fourth-order valence-electron chi connectivity index (χ4n) is 3.02. The fraction of sp³-hybridized carbons (Fsp3) is 0.316. The minimum Gasteiger partial charge on any atom is -0.326 e. The van der Waals surface area contributed by atoms with Gasteiger partial charge in [-0.3, -0.25) is 4.79 Å². The first-order chi connectivity index (χ1) is 12.4. The van der Waals surface area contributed by atoms with Crippen molar-refractivity contribution in [1.82, 2.24) is 4.31 Å². The van der Waals surface area contributed by atoms with E-state index in [1.165, 1.54) is 16.4 Å². The van der Waals surface area contributed by atoms with E-state index in [1.54, 1.807) is 19.1 Å². The highest BCUT2D eigenvalue weighted by Crippen LogP contribution is 2.24. The number of nitrogens with zero attached hydrogens (tertiary/aromatic N) is 1. The Kier molecular flexibility index (Phi) is 5.38. The number of carbonyl (C=O) groups excluding carboxylic acids is 1. The number of benzene rings is 2. The Balaban J connectivity index is 1.69. The van der Waals surface area contributed by atoms with Gasteiger partial charge in [0.25, 0.3) is 0 Å². The normalized spacial score (nSPS) is 14.7. The summed E-state index contributed by atoms with van der Waals surface area (Å²) in [5.74, 6) is -0.461. The lowest BCUT2D eigenvalue weighted by Gasteiger charge is -2.28. The molecule has 1 N–H and O–H groups in total. The molecule has 3 rings (SSSR count). The van der Waals surface area contributed by atoms with Crippen LogP contribution in [0.25, 0.3) is 0 Å². The number of fused-ring (bicyclic) bond motifs is 1. The van der Waals surface area contributed by atoms with Crippen LogP contribution in [0.15, 0.2) is 42.5 Å². The largest absolute Gasteiger partial charge is 0.326 e. The number of hydrogen-bond acceptors (Lipinski definition) is 3. The molecule has 2 aromatic rings. The summed E-state index contributed by atoms with van der Waals surface area (Å²) < 4.78 is 38.6. The lowest BCUT2D eigenvalue weighted by atomic mass is 10.0. The van der Waals surface area contributed by atoms with E-state index in [1.807, 2.05) is 18.2 Å². The Morgan fingerprint density at radius 3 is 2.58 bits per heavy atom. The average Bonchev–Trinajstić information content (AvgIpc) is 2.63. The Hall–Kier alpha value is -2.25. The third-order valence-corrected chi connectivity index (χ3v) is 6.33. The van der Waals surface area contributed by atoms with Crippen molar-refractivity contribution < 1.29 is 17.6 Å². The van der Waals surface area contributed by atoms with Gasteiger partial charge in [0.2, 0.25) is 15.9 Å². The Morgan fingerprint density at radius 2 is 1.88 bits per heavy atom. The molecule has 0 fully saturated rings. The third kappa shape index (κ3) is 4.28. The van der Waals surface area contributed by atoms with Gasteiger partial charge in [-0.15, -0.1) is 0 Å². The molecule has 0 aromatic heterocycles. The predicted octanol–water partition coefficient (Wildman–Crippen LogP) is 2.71. The molecule has 0 spiro atoms. The third-order valence-electron chi connectivity index (χ3n) is 4.50. The number of hydrogen-bond donors (Lipinski definition) is 1. The zero-order valence-electron chi connectivity index (χ0n) is 14.5.